The molecule has 6 rings (SSSR count). The Labute approximate surface area is 153 Å². The molecule has 7 nitrogen and oxygen atoms in total. The lowest BCUT2D eigenvalue weighted by Gasteiger charge is -2.01. The summed E-state index contributed by atoms with van der Waals surface area (Å²) in [5, 5.41) is 3.38. The number of benzene rings is 1. The van der Waals surface area contributed by atoms with Gasteiger partial charge in [0.05, 0.1) is 22.7 Å². The molecule has 0 spiro atoms. The Morgan fingerprint density at radius 2 is 1.81 bits per heavy atom. The third-order valence-electron chi connectivity index (χ3n) is 4.96. The lowest BCUT2D eigenvalue weighted by Crippen LogP contribution is -1.90. The second-order valence-corrected chi connectivity index (χ2v) is 6.68. The fraction of sp³-hybridized carbons (Fsp3) is 0.100. The predicted octanol–water partition coefficient (Wildman–Crippen LogP) is 3.53. The maximum Gasteiger partial charge on any atom is 0.178 e. The van der Waals surface area contributed by atoms with Crippen LogP contribution < -0.4 is 5.32 Å². The molecule has 5 heterocycles. The molecule has 1 aromatic carbocycles. The van der Waals surface area contributed by atoms with Crippen LogP contribution in [0.5, 0.6) is 0 Å². The molecule has 130 valence electrons. The molecule has 5 aromatic rings. The number of fused-ring (bicyclic) bond motifs is 3. The maximum absolute atomic E-state index is 4.71. The summed E-state index contributed by atoms with van der Waals surface area (Å²) in [4.78, 5) is 24.7. The summed E-state index contributed by atoms with van der Waals surface area (Å²) in [6.45, 7) is 0.997. The zero-order valence-corrected chi connectivity index (χ0v) is 14.3. The van der Waals surface area contributed by atoms with Crippen LogP contribution in [-0.2, 0) is 6.42 Å². The van der Waals surface area contributed by atoms with Gasteiger partial charge in [-0.3, -0.25) is 4.98 Å². The third kappa shape index (κ3) is 2.28. The smallest absolute Gasteiger partial charge is 0.178 e. The molecule has 0 unspecified atom stereocenters. The first kappa shape index (κ1) is 14.4. The van der Waals surface area contributed by atoms with Gasteiger partial charge in [-0.2, -0.15) is 0 Å². The van der Waals surface area contributed by atoms with E-state index < -0.39 is 0 Å². The zero-order valence-electron chi connectivity index (χ0n) is 14.3. The van der Waals surface area contributed by atoms with Gasteiger partial charge >= 0.3 is 0 Å². The lowest BCUT2D eigenvalue weighted by molar-refractivity contribution is 1.11. The van der Waals surface area contributed by atoms with Crippen molar-refractivity contribution >= 4 is 27.9 Å². The van der Waals surface area contributed by atoms with E-state index in [9.17, 15) is 0 Å². The summed E-state index contributed by atoms with van der Waals surface area (Å²) in [5.41, 5.74) is 7.74. The number of nitrogens with one attached hydrogen (secondary N) is 3. The number of pyridine rings is 2. The molecule has 4 aromatic heterocycles. The van der Waals surface area contributed by atoms with Gasteiger partial charge in [0.1, 0.15) is 11.5 Å². The molecular weight excluding hydrogens is 338 g/mol. The van der Waals surface area contributed by atoms with Gasteiger partial charge in [0.2, 0.25) is 0 Å². The van der Waals surface area contributed by atoms with Gasteiger partial charge in [-0.25, -0.2) is 15.0 Å². The van der Waals surface area contributed by atoms with Crippen molar-refractivity contribution in [3.63, 3.8) is 0 Å². The average molecular weight is 353 g/mol. The average Bonchev–Trinajstić information content (AvgIpc) is 3.42. The number of imidazole rings is 2. The summed E-state index contributed by atoms with van der Waals surface area (Å²) in [7, 11) is 0. The molecular formula is C20H15N7. The molecule has 1 aliphatic rings. The van der Waals surface area contributed by atoms with Crippen molar-refractivity contribution in [3.8, 4) is 22.9 Å². The van der Waals surface area contributed by atoms with Crippen molar-refractivity contribution in [2.75, 3.05) is 11.9 Å². The van der Waals surface area contributed by atoms with E-state index in [1.54, 1.807) is 12.4 Å². The quantitative estimate of drug-likeness (QED) is 0.451. The van der Waals surface area contributed by atoms with Gasteiger partial charge in [-0.05, 0) is 48.4 Å². The molecule has 0 radical (unpaired) electrons. The van der Waals surface area contributed by atoms with Crippen LogP contribution in [0.25, 0.3) is 45.1 Å². The number of H-pyrrole nitrogens is 2. The highest BCUT2D eigenvalue weighted by Crippen LogP contribution is 2.28. The van der Waals surface area contributed by atoms with Crippen LogP contribution in [0.4, 0.5) is 5.69 Å². The zero-order chi connectivity index (χ0) is 17.8. The third-order valence-corrected chi connectivity index (χ3v) is 4.96. The van der Waals surface area contributed by atoms with E-state index in [0.717, 1.165) is 46.6 Å². The summed E-state index contributed by atoms with van der Waals surface area (Å²) >= 11 is 0. The van der Waals surface area contributed by atoms with Crippen LogP contribution in [0.1, 0.15) is 5.56 Å². The first-order valence-corrected chi connectivity index (χ1v) is 8.87. The highest BCUT2D eigenvalue weighted by Gasteiger charge is 2.14. The minimum Gasteiger partial charge on any atom is -0.384 e. The molecule has 0 amide bonds. The van der Waals surface area contributed by atoms with E-state index in [1.165, 1.54) is 11.3 Å². The highest BCUT2D eigenvalue weighted by molar-refractivity contribution is 5.81. The van der Waals surface area contributed by atoms with Gasteiger partial charge in [-0.15, -0.1) is 0 Å². The molecule has 3 N–H and O–H groups in total. The molecule has 0 bridgehead atoms. The van der Waals surface area contributed by atoms with E-state index in [4.69, 9.17) is 9.97 Å². The second kappa shape index (κ2) is 5.38. The van der Waals surface area contributed by atoms with E-state index in [2.05, 4.69) is 43.5 Å². The van der Waals surface area contributed by atoms with Crippen molar-refractivity contribution in [3.05, 3.63) is 54.4 Å². The Kier molecular flexibility index (Phi) is 2.87. The Bertz CT molecular complexity index is 1280. The van der Waals surface area contributed by atoms with Crippen LogP contribution in [-0.4, -0.2) is 36.4 Å². The van der Waals surface area contributed by atoms with Crippen LogP contribution in [0.15, 0.2) is 48.8 Å². The standard InChI is InChI=1S/C20H15N7/c1-2-13-11(5-8-22-13)9-12(1)18-24-16-4-3-15(25-20(16)27-18)19-23-14-6-7-21-10-17(14)26-19/h1-4,6-7,9-10,22H,5,8H2,(H,23,26)(H,24,25,27). The summed E-state index contributed by atoms with van der Waals surface area (Å²) in [6, 6.07) is 12.2. The SMILES string of the molecule is c1cc2nc(-c3ccc4[nH]c(-c5ccc6c(c5)CCN6)nc4n3)[nH]c2cn1. The number of hydrogen-bond donors (Lipinski definition) is 3. The second-order valence-electron chi connectivity index (χ2n) is 6.68. The Hall–Kier alpha value is -3.74. The van der Waals surface area contributed by atoms with Gasteiger partial charge in [-0.1, -0.05) is 0 Å². The van der Waals surface area contributed by atoms with E-state index >= 15 is 0 Å². The molecule has 0 saturated carbocycles. The summed E-state index contributed by atoms with van der Waals surface area (Å²) in [5.74, 6) is 1.55. The number of aromatic amines is 2. The minimum atomic E-state index is 0.680. The van der Waals surface area contributed by atoms with Crippen LogP contribution in [0.2, 0.25) is 0 Å². The molecule has 7 heteroatoms. The molecule has 0 fully saturated rings. The number of rotatable bonds is 2. The van der Waals surface area contributed by atoms with Crippen molar-refractivity contribution in [1.29, 1.82) is 0 Å². The normalized spacial score (nSPS) is 13.2. The predicted molar refractivity (Wildman–Crippen MR) is 104 cm³/mol. The minimum absolute atomic E-state index is 0.680. The van der Waals surface area contributed by atoms with E-state index in [-0.39, 0.29) is 0 Å². The van der Waals surface area contributed by atoms with Gasteiger partial charge in [0.15, 0.2) is 11.5 Å². The number of anilines is 1. The number of aromatic nitrogens is 6. The summed E-state index contributed by atoms with van der Waals surface area (Å²) < 4.78 is 0. The fourth-order valence-electron chi connectivity index (χ4n) is 3.59. The monoisotopic (exact) mass is 353 g/mol. The van der Waals surface area contributed by atoms with E-state index in [0.29, 0.717) is 11.5 Å². The van der Waals surface area contributed by atoms with Crippen LogP contribution in [0.3, 0.4) is 0 Å². The van der Waals surface area contributed by atoms with Crippen molar-refractivity contribution in [1.82, 2.24) is 29.9 Å². The molecule has 1 aliphatic heterocycles. The van der Waals surface area contributed by atoms with Gasteiger partial charge in [0.25, 0.3) is 0 Å². The molecule has 27 heavy (non-hydrogen) atoms. The van der Waals surface area contributed by atoms with Gasteiger partial charge in [0, 0.05) is 24.0 Å². The maximum atomic E-state index is 4.71. The molecule has 0 atom stereocenters. The van der Waals surface area contributed by atoms with Crippen molar-refractivity contribution in [2.45, 2.75) is 6.42 Å². The Morgan fingerprint density at radius 1 is 0.852 bits per heavy atom. The Morgan fingerprint density at radius 3 is 2.78 bits per heavy atom. The number of hydrogen-bond acceptors (Lipinski definition) is 5. The molecule has 0 saturated heterocycles. The van der Waals surface area contributed by atoms with Gasteiger partial charge < -0.3 is 15.3 Å². The summed E-state index contributed by atoms with van der Waals surface area (Å²) in [6.07, 6.45) is 4.54. The first-order chi connectivity index (χ1) is 13.3. The molecule has 0 aliphatic carbocycles. The highest BCUT2D eigenvalue weighted by atomic mass is 15.0. The van der Waals surface area contributed by atoms with Crippen molar-refractivity contribution < 1.29 is 0 Å². The number of nitrogens with zero attached hydrogens (tertiary/aromatic N) is 4. The Balaban J connectivity index is 1.43. The fourth-order valence-corrected chi connectivity index (χ4v) is 3.59. The van der Waals surface area contributed by atoms with Crippen molar-refractivity contribution in [2.24, 2.45) is 0 Å². The van der Waals surface area contributed by atoms with Crippen LogP contribution >= 0.6 is 0 Å². The topological polar surface area (TPSA) is 95.2 Å². The van der Waals surface area contributed by atoms with Crippen LogP contribution in [0, 0.1) is 0 Å². The largest absolute Gasteiger partial charge is 0.384 e. The first-order valence-electron chi connectivity index (χ1n) is 8.87. The van der Waals surface area contributed by atoms with E-state index in [1.807, 2.05) is 18.2 Å². The lowest BCUT2D eigenvalue weighted by atomic mass is 10.1.